The van der Waals surface area contributed by atoms with Crippen LogP contribution in [0.3, 0.4) is 0 Å². The van der Waals surface area contributed by atoms with Crippen LogP contribution >= 0.6 is 11.6 Å². The molecule has 0 aliphatic carbocycles. The lowest BCUT2D eigenvalue weighted by Gasteiger charge is -2.35. The molecule has 1 aromatic heterocycles. The van der Waals surface area contributed by atoms with Gasteiger partial charge in [-0.3, -0.25) is 4.68 Å². The predicted octanol–water partition coefficient (Wildman–Crippen LogP) is 1.42. The van der Waals surface area contributed by atoms with E-state index in [1.54, 1.807) is 14.2 Å². The molecule has 1 aromatic carbocycles. The molecule has 1 atom stereocenters. The summed E-state index contributed by atoms with van der Waals surface area (Å²) in [6.07, 6.45) is 1.34. The SMILES string of the molecule is COc1ccccc1C1CNCCN1S(=O)(=O)c1c(Cl)cnn1C. The van der Waals surface area contributed by atoms with E-state index in [2.05, 4.69) is 10.4 Å². The second-order valence-corrected chi connectivity index (χ2v) is 7.71. The van der Waals surface area contributed by atoms with E-state index in [0.29, 0.717) is 25.4 Å². The molecule has 1 fully saturated rings. The number of aromatic nitrogens is 2. The van der Waals surface area contributed by atoms with E-state index in [4.69, 9.17) is 16.3 Å². The molecular weight excluding hydrogens is 352 g/mol. The van der Waals surface area contributed by atoms with Crippen molar-refractivity contribution in [2.75, 3.05) is 26.7 Å². The number of rotatable bonds is 4. The molecule has 1 saturated heterocycles. The number of methoxy groups -OCH3 is 1. The quantitative estimate of drug-likeness (QED) is 0.880. The fourth-order valence-electron chi connectivity index (χ4n) is 2.98. The topological polar surface area (TPSA) is 76.5 Å². The zero-order valence-corrected chi connectivity index (χ0v) is 15.0. The highest BCUT2D eigenvalue weighted by Gasteiger charge is 2.38. The third kappa shape index (κ3) is 2.90. The molecule has 0 amide bonds. The summed E-state index contributed by atoms with van der Waals surface area (Å²) in [5.41, 5.74) is 0.814. The Morgan fingerprint density at radius 3 is 2.79 bits per heavy atom. The van der Waals surface area contributed by atoms with Gasteiger partial charge < -0.3 is 10.1 Å². The van der Waals surface area contributed by atoms with E-state index in [9.17, 15) is 8.42 Å². The molecule has 2 aromatic rings. The van der Waals surface area contributed by atoms with E-state index >= 15 is 0 Å². The summed E-state index contributed by atoms with van der Waals surface area (Å²) in [7, 11) is -0.652. The number of para-hydroxylation sites is 1. The van der Waals surface area contributed by atoms with Gasteiger partial charge in [-0.1, -0.05) is 29.8 Å². The molecule has 1 aliphatic rings. The summed E-state index contributed by atoms with van der Waals surface area (Å²) in [6, 6.07) is 7.05. The van der Waals surface area contributed by atoms with Crippen molar-refractivity contribution in [1.82, 2.24) is 19.4 Å². The Hall–Kier alpha value is -1.61. The second-order valence-electron chi connectivity index (χ2n) is 5.50. The Kier molecular flexibility index (Phi) is 4.82. The predicted molar refractivity (Wildman–Crippen MR) is 90.7 cm³/mol. The molecule has 24 heavy (non-hydrogen) atoms. The molecule has 7 nitrogen and oxygen atoms in total. The van der Waals surface area contributed by atoms with Crippen molar-refractivity contribution in [1.29, 1.82) is 0 Å². The van der Waals surface area contributed by atoms with Gasteiger partial charge in [0, 0.05) is 32.2 Å². The summed E-state index contributed by atoms with van der Waals surface area (Å²) < 4.78 is 34.5. The molecule has 1 N–H and O–H groups in total. The number of hydrogen-bond acceptors (Lipinski definition) is 5. The van der Waals surface area contributed by atoms with Gasteiger partial charge in [-0.05, 0) is 6.07 Å². The summed E-state index contributed by atoms with van der Waals surface area (Å²) in [5, 5.41) is 7.32. The van der Waals surface area contributed by atoms with Crippen molar-refractivity contribution < 1.29 is 13.2 Å². The summed E-state index contributed by atoms with van der Waals surface area (Å²) in [4.78, 5) is 0. The number of aryl methyl sites for hydroxylation is 1. The molecule has 9 heteroatoms. The first-order valence-electron chi connectivity index (χ1n) is 7.49. The maximum Gasteiger partial charge on any atom is 0.262 e. The maximum absolute atomic E-state index is 13.2. The Bertz CT molecular complexity index is 817. The minimum atomic E-state index is -3.80. The van der Waals surface area contributed by atoms with Gasteiger partial charge in [0.15, 0.2) is 5.03 Å². The fraction of sp³-hybridized carbons (Fsp3) is 0.400. The highest BCUT2D eigenvalue weighted by Crippen LogP contribution is 2.35. The van der Waals surface area contributed by atoms with E-state index in [0.717, 1.165) is 5.56 Å². The second kappa shape index (κ2) is 6.72. The van der Waals surface area contributed by atoms with Gasteiger partial charge in [0.05, 0.1) is 24.4 Å². The lowest BCUT2D eigenvalue weighted by Crippen LogP contribution is -2.49. The summed E-state index contributed by atoms with van der Waals surface area (Å²) in [5.74, 6) is 0.655. The number of benzene rings is 1. The average molecular weight is 371 g/mol. The normalized spacial score (nSPS) is 19.4. The van der Waals surface area contributed by atoms with Gasteiger partial charge in [0.1, 0.15) is 5.75 Å². The van der Waals surface area contributed by atoms with Crippen LogP contribution in [-0.2, 0) is 17.1 Å². The number of hydrogen-bond donors (Lipinski definition) is 1. The van der Waals surface area contributed by atoms with E-state index in [1.165, 1.54) is 15.2 Å². The largest absolute Gasteiger partial charge is 0.496 e. The number of piperazine rings is 1. The minimum absolute atomic E-state index is 0.00552. The first-order chi connectivity index (χ1) is 11.5. The number of nitrogens with one attached hydrogen (secondary N) is 1. The molecule has 1 unspecified atom stereocenters. The number of sulfonamides is 1. The van der Waals surface area contributed by atoms with Crippen molar-refractivity contribution in [3.63, 3.8) is 0 Å². The molecule has 3 rings (SSSR count). The average Bonchev–Trinajstić information content (AvgIpc) is 2.94. The van der Waals surface area contributed by atoms with Crippen LogP contribution in [0.1, 0.15) is 11.6 Å². The van der Waals surface area contributed by atoms with Crippen molar-refractivity contribution in [3.8, 4) is 5.75 Å². The molecule has 0 radical (unpaired) electrons. The van der Waals surface area contributed by atoms with Gasteiger partial charge in [-0.25, -0.2) is 8.42 Å². The maximum atomic E-state index is 13.2. The van der Waals surface area contributed by atoms with Crippen molar-refractivity contribution in [2.45, 2.75) is 11.1 Å². The third-order valence-corrected chi connectivity index (χ3v) is 6.50. The molecular formula is C15H19ClN4O3S. The fourth-order valence-corrected chi connectivity index (χ4v) is 5.20. The van der Waals surface area contributed by atoms with Gasteiger partial charge in [-0.15, -0.1) is 0 Å². The van der Waals surface area contributed by atoms with Crippen LogP contribution in [0.2, 0.25) is 5.02 Å². The van der Waals surface area contributed by atoms with Gasteiger partial charge in [0.2, 0.25) is 0 Å². The number of nitrogens with zero attached hydrogens (tertiary/aromatic N) is 3. The molecule has 130 valence electrons. The Labute approximate surface area is 146 Å². The summed E-state index contributed by atoms with van der Waals surface area (Å²) in [6.45, 7) is 1.40. The lowest BCUT2D eigenvalue weighted by atomic mass is 10.0. The molecule has 0 saturated carbocycles. The van der Waals surface area contributed by atoms with E-state index < -0.39 is 10.0 Å². The van der Waals surface area contributed by atoms with Gasteiger partial charge in [0.25, 0.3) is 10.0 Å². The van der Waals surface area contributed by atoms with E-state index in [-0.39, 0.29) is 16.1 Å². The van der Waals surface area contributed by atoms with Crippen molar-refractivity contribution in [2.24, 2.45) is 7.05 Å². The first kappa shape index (κ1) is 17.2. The van der Waals surface area contributed by atoms with Crippen LogP contribution in [-0.4, -0.2) is 49.2 Å². The minimum Gasteiger partial charge on any atom is -0.496 e. The van der Waals surface area contributed by atoms with Crippen LogP contribution in [0, 0.1) is 0 Å². The van der Waals surface area contributed by atoms with Crippen LogP contribution in [0.25, 0.3) is 0 Å². The molecule has 2 heterocycles. The number of halogens is 1. The molecule has 1 aliphatic heterocycles. The highest BCUT2D eigenvalue weighted by atomic mass is 35.5. The van der Waals surface area contributed by atoms with Gasteiger partial charge in [-0.2, -0.15) is 9.40 Å². The summed E-state index contributed by atoms with van der Waals surface area (Å²) >= 11 is 6.07. The third-order valence-electron chi connectivity index (χ3n) is 4.09. The zero-order valence-electron chi connectivity index (χ0n) is 13.4. The standard InChI is InChI=1S/C15H19ClN4O3S/c1-19-15(12(16)9-18-19)24(21,22)20-8-7-17-10-13(20)11-5-3-4-6-14(11)23-2/h3-6,9,13,17H,7-8,10H2,1-2H3. The Balaban J connectivity index is 2.07. The van der Waals surface area contributed by atoms with Crippen LogP contribution < -0.4 is 10.1 Å². The highest BCUT2D eigenvalue weighted by molar-refractivity contribution is 7.89. The first-order valence-corrected chi connectivity index (χ1v) is 9.31. The van der Waals surface area contributed by atoms with Gasteiger partial charge >= 0.3 is 0 Å². The lowest BCUT2D eigenvalue weighted by molar-refractivity contribution is 0.263. The zero-order chi connectivity index (χ0) is 17.3. The van der Waals surface area contributed by atoms with Crippen LogP contribution in [0.15, 0.2) is 35.5 Å². The van der Waals surface area contributed by atoms with Crippen LogP contribution in [0.5, 0.6) is 5.75 Å². The molecule has 0 spiro atoms. The molecule has 0 bridgehead atoms. The monoisotopic (exact) mass is 370 g/mol. The smallest absolute Gasteiger partial charge is 0.262 e. The van der Waals surface area contributed by atoms with Crippen molar-refractivity contribution in [3.05, 3.63) is 41.0 Å². The van der Waals surface area contributed by atoms with Crippen molar-refractivity contribution >= 4 is 21.6 Å². The van der Waals surface area contributed by atoms with Crippen LogP contribution in [0.4, 0.5) is 0 Å². The Morgan fingerprint density at radius 2 is 2.12 bits per heavy atom. The van der Waals surface area contributed by atoms with E-state index in [1.807, 2.05) is 24.3 Å². The number of ether oxygens (including phenoxy) is 1. The Morgan fingerprint density at radius 1 is 1.38 bits per heavy atom.